The van der Waals surface area contributed by atoms with Gasteiger partial charge in [0.25, 0.3) is 0 Å². The van der Waals surface area contributed by atoms with E-state index in [4.69, 9.17) is 0 Å². The van der Waals surface area contributed by atoms with E-state index < -0.39 is 0 Å². The van der Waals surface area contributed by atoms with E-state index in [1.165, 1.54) is 0 Å². The van der Waals surface area contributed by atoms with Crippen molar-refractivity contribution in [3.05, 3.63) is 45.9 Å². The van der Waals surface area contributed by atoms with E-state index in [-0.39, 0.29) is 39.3 Å². The fraction of sp³-hybridized carbons (Fsp3) is 0.474. The third kappa shape index (κ3) is 4.45. The number of Topliss-reactive ketones (excluding diaryl/α,β-unsaturated/α-hetero) is 1. The highest BCUT2D eigenvalue weighted by atomic mass is 79.9. The molecule has 3 nitrogen and oxygen atoms in total. The molecule has 2 rings (SSSR count). The van der Waals surface area contributed by atoms with Crippen LogP contribution >= 0.6 is 11.3 Å². The Labute approximate surface area is 159 Å². The number of phenols is 1. The Kier molecular flexibility index (Phi) is 6.39. The van der Waals surface area contributed by atoms with Crippen LogP contribution in [0.15, 0.2) is 29.2 Å². The number of hydrogen-bond donors (Lipinski definition) is 1. The van der Waals surface area contributed by atoms with Crippen molar-refractivity contribution in [1.82, 2.24) is 0 Å². The van der Waals surface area contributed by atoms with E-state index in [1.54, 1.807) is 23.5 Å². The van der Waals surface area contributed by atoms with E-state index in [1.807, 2.05) is 21.7 Å². The zero-order chi connectivity index (χ0) is 17.4. The molecule has 2 aromatic rings. The normalized spacial score (nSPS) is 11.9. The SMILES string of the molecule is CC(C)(C)c1c(O)ccc(C(=O)C[n+]2ccsc2)c1C(C)(C)C.[Br-]. The molecule has 0 saturated heterocycles. The first-order valence-corrected chi connectivity index (χ1v) is 8.77. The second-order valence-electron chi connectivity index (χ2n) is 8.00. The zero-order valence-electron chi connectivity index (χ0n) is 15.2. The first kappa shape index (κ1) is 20.8. The number of thiazole rings is 1. The molecule has 0 atom stereocenters. The number of hydrogen-bond acceptors (Lipinski definition) is 3. The maximum absolute atomic E-state index is 12.9. The van der Waals surface area contributed by atoms with Gasteiger partial charge in [0.1, 0.15) is 5.75 Å². The minimum absolute atomic E-state index is 0. The lowest BCUT2D eigenvalue weighted by Gasteiger charge is -2.32. The van der Waals surface area contributed by atoms with Crippen molar-refractivity contribution in [2.24, 2.45) is 0 Å². The van der Waals surface area contributed by atoms with Crippen LogP contribution in [-0.2, 0) is 17.4 Å². The smallest absolute Gasteiger partial charge is 0.227 e. The van der Waals surface area contributed by atoms with E-state index in [0.717, 1.165) is 11.1 Å². The third-order valence-corrected chi connectivity index (χ3v) is 4.51. The van der Waals surface area contributed by atoms with Crippen LogP contribution in [0.25, 0.3) is 0 Å². The van der Waals surface area contributed by atoms with E-state index in [9.17, 15) is 9.90 Å². The molecule has 0 aliphatic carbocycles. The van der Waals surface area contributed by atoms with Crippen molar-refractivity contribution in [3.63, 3.8) is 0 Å². The van der Waals surface area contributed by atoms with E-state index in [0.29, 0.717) is 12.1 Å². The Hall–Kier alpha value is -1.20. The largest absolute Gasteiger partial charge is 1.00 e. The van der Waals surface area contributed by atoms with Crippen LogP contribution in [0, 0.1) is 0 Å². The Morgan fingerprint density at radius 2 is 1.67 bits per heavy atom. The Balaban J connectivity index is 0.00000288. The van der Waals surface area contributed by atoms with Crippen molar-refractivity contribution in [3.8, 4) is 5.75 Å². The number of aromatic nitrogens is 1. The summed E-state index contributed by atoms with van der Waals surface area (Å²) >= 11 is 1.57. The summed E-state index contributed by atoms with van der Waals surface area (Å²) in [6, 6.07) is 3.42. The molecule has 0 aliphatic heterocycles. The van der Waals surface area contributed by atoms with Crippen molar-refractivity contribution < 1.29 is 31.4 Å². The lowest BCUT2D eigenvalue weighted by molar-refractivity contribution is -0.678. The number of nitrogens with zero attached hydrogens (tertiary/aromatic N) is 1. The lowest BCUT2D eigenvalue weighted by atomic mass is 9.72. The molecule has 0 amide bonds. The summed E-state index contributed by atoms with van der Waals surface area (Å²) in [7, 11) is 0. The van der Waals surface area contributed by atoms with Gasteiger partial charge < -0.3 is 22.1 Å². The Morgan fingerprint density at radius 1 is 1.08 bits per heavy atom. The molecule has 0 radical (unpaired) electrons. The van der Waals surface area contributed by atoms with Gasteiger partial charge in [0.2, 0.25) is 17.8 Å². The minimum atomic E-state index is -0.238. The summed E-state index contributed by atoms with van der Waals surface area (Å²) in [5.74, 6) is 0.339. The lowest BCUT2D eigenvalue weighted by Crippen LogP contribution is -3.00. The number of aromatic hydroxyl groups is 1. The molecule has 5 heteroatoms. The molecule has 0 bridgehead atoms. The number of rotatable bonds is 3. The summed E-state index contributed by atoms with van der Waals surface area (Å²) in [4.78, 5) is 12.9. The minimum Gasteiger partial charge on any atom is -1.00 e. The molecule has 0 saturated carbocycles. The molecule has 1 N–H and O–H groups in total. The van der Waals surface area contributed by atoms with Crippen molar-refractivity contribution in [2.75, 3.05) is 0 Å². The van der Waals surface area contributed by atoms with Crippen LogP contribution in [0.3, 0.4) is 0 Å². The van der Waals surface area contributed by atoms with Crippen LogP contribution in [0.2, 0.25) is 0 Å². The van der Waals surface area contributed by atoms with Gasteiger partial charge in [-0.1, -0.05) is 52.9 Å². The zero-order valence-corrected chi connectivity index (χ0v) is 17.6. The number of benzene rings is 1. The van der Waals surface area contributed by atoms with Gasteiger partial charge in [-0.2, -0.15) is 4.57 Å². The number of carbonyl (C=O) groups is 1. The number of carbonyl (C=O) groups excluding carboxylic acids is 1. The number of phenolic OH excluding ortho intramolecular Hbond substituents is 1. The fourth-order valence-electron chi connectivity index (χ4n) is 2.96. The topological polar surface area (TPSA) is 41.2 Å². The predicted molar refractivity (Wildman–Crippen MR) is 94.4 cm³/mol. The molecule has 0 aliphatic rings. The van der Waals surface area contributed by atoms with Crippen molar-refractivity contribution >= 4 is 17.1 Å². The molecule has 1 aromatic heterocycles. The molecule has 1 heterocycles. The van der Waals surface area contributed by atoms with Crippen LogP contribution in [0.1, 0.15) is 63.0 Å². The summed E-state index contributed by atoms with van der Waals surface area (Å²) in [5, 5.41) is 12.4. The maximum atomic E-state index is 12.9. The van der Waals surface area contributed by atoms with Gasteiger partial charge in [0.15, 0.2) is 6.20 Å². The highest BCUT2D eigenvalue weighted by molar-refractivity contribution is 7.07. The first-order chi connectivity index (χ1) is 10.5. The molecular formula is C19H26BrNO2S. The third-order valence-electron chi connectivity index (χ3n) is 3.84. The second-order valence-corrected chi connectivity index (χ2v) is 8.76. The molecule has 0 spiro atoms. The van der Waals surface area contributed by atoms with Crippen molar-refractivity contribution in [1.29, 1.82) is 0 Å². The van der Waals surface area contributed by atoms with Gasteiger partial charge in [-0.15, -0.1) is 0 Å². The van der Waals surface area contributed by atoms with Crippen LogP contribution in [-0.4, -0.2) is 10.9 Å². The molecular weight excluding hydrogens is 386 g/mol. The highest BCUT2D eigenvalue weighted by Gasteiger charge is 2.33. The van der Waals surface area contributed by atoms with E-state index >= 15 is 0 Å². The van der Waals surface area contributed by atoms with Crippen molar-refractivity contribution in [2.45, 2.75) is 58.9 Å². The van der Waals surface area contributed by atoms with Crippen LogP contribution < -0.4 is 21.5 Å². The molecule has 1 aromatic carbocycles. The van der Waals surface area contributed by atoms with Gasteiger partial charge in [-0.05, 0) is 28.5 Å². The first-order valence-electron chi connectivity index (χ1n) is 7.83. The Morgan fingerprint density at radius 3 is 2.12 bits per heavy atom. The average Bonchev–Trinajstić information content (AvgIpc) is 2.88. The average molecular weight is 412 g/mol. The second kappa shape index (κ2) is 7.36. The Bertz CT molecular complexity index is 710. The summed E-state index contributed by atoms with van der Waals surface area (Å²) in [6.45, 7) is 12.8. The van der Waals surface area contributed by atoms with Crippen LogP contribution in [0.5, 0.6) is 5.75 Å². The number of ketones is 1. The van der Waals surface area contributed by atoms with E-state index in [2.05, 4.69) is 41.5 Å². The van der Waals surface area contributed by atoms with Gasteiger partial charge in [0, 0.05) is 11.1 Å². The highest BCUT2D eigenvalue weighted by Crippen LogP contribution is 2.41. The molecule has 0 fully saturated rings. The maximum Gasteiger partial charge on any atom is 0.227 e. The standard InChI is InChI=1S/C19H25NO2S.BrH/c1-18(2,3)16-13(15(22)11-20-9-10-23-12-20)7-8-14(21)17(16)19(4,5)6;/h7-10,12H,11H2,1-6H3;1H. The monoisotopic (exact) mass is 411 g/mol. The summed E-state index contributed by atoms with van der Waals surface area (Å²) in [5.41, 5.74) is 3.99. The quantitative estimate of drug-likeness (QED) is 0.609. The van der Waals surface area contributed by atoms with Gasteiger partial charge >= 0.3 is 0 Å². The molecule has 24 heavy (non-hydrogen) atoms. The number of halogens is 1. The van der Waals surface area contributed by atoms with Gasteiger partial charge in [-0.25, -0.2) is 0 Å². The predicted octanol–water partition coefficient (Wildman–Crippen LogP) is 1.22. The molecule has 132 valence electrons. The fourth-order valence-corrected chi connectivity index (χ4v) is 3.56. The van der Waals surface area contributed by atoms with Gasteiger partial charge in [-0.3, -0.25) is 4.79 Å². The van der Waals surface area contributed by atoms with Crippen LogP contribution in [0.4, 0.5) is 0 Å². The summed E-state index contributed by atoms with van der Waals surface area (Å²) < 4.78 is 1.89. The summed E-state index contributed by atoms with van der Waals surface area (Å²) in [6.07, 6.45) is 1.91. The molecule has 0 unspecified atom stereocenters. The van der Waals surface area contributed by atoms with Gasteiger partial charge in [0.05, 0.1) is 5.38 Å².